The molecule has 2 aromatic rings. The van der Waals surface area contributed by atoms with Crippen LogP contribution in [0.25, 0.3) is 0 Å². The highest BCUT2D eigenvalue weighted by atomic mass is 19.4. The maximum Gasteiger partial charge on any atom is 0.416 e. The number of nitrogens with zero attached hydrogens (tertiary/aromatic N) is 2. The first-order chi connectivity index (χ1) is 13.3. The van der Waals surface area contributed by atoms with E-state index in [1.54, 1.807) is 7.05 Å². The molecule has 0 bridgehead atoms. The minimum Gasteiger partial charge on any atom is -0.486 e. The Morgan fingerprint density at radius 3 is 2.86 bits per heavy atom. The molecule has 1 atom stereocenters. The number of amides is 1. The molecule has 1 amide bonds. The van der Waals surface area contributed by atoms with Crippen molar-refractivity contribution in [1.82, 2.24) is 10.1 Å². The van der Waals surface area contributed by atoms with Crippen LogP contribution in [0.5, 0.6) is 5.75 Å². The van der Waals surface area contributed by atoms with Crippen LogP contribution in [0.3, 0.4) is 0 Å². The van der Waals surface area contributed by atoms with Gasteiger partial charge in [0.1, 0.15) is 12.4 Å². The Bertz CT molecular complexity index is 800. The third-order valence-electron chi connectivity index (χ3n) is 4.42. The molecular formula is C19H21F3N2O4. The Hall–Kier alpha value is -2.55. The van der Waals surface area contributed by atoms with Crippen LogP contribution in [0.4, 0.5) is 13.2 Å². The summed E-state index contributed by atoms with van der Waals surface area (Å²) < 4.78 is 54.2. The first-order valence-electron chi connectivity index (χ1n) is 8.95. The van der Waals surface area contributed by atoms with E-state index >= 15 is 0 Å². The minimum atomic E-state index is -4.45. The van der Waals surface area contributed by atoms with E-state index in [0.717, 1.165) is 31.4 Å². The standard InChI is InChI=1S/C19H21F3N2O4/c1-24(11-15-6-2-3-8-26-15)18(25)17-10-16(28-23-17)12-27-14-7-4-5-13(9-14)19(20,21)22/h4-5,7,9-10,15H,2-3,6,8,11-12H2,1H3. The van der Waals surface area contributed by atoms with Crippen LogP contribution in [0.15, 0.2) is 34.9 Å². The van der Waals surface area contributed by atoms with Crippen molar-refractivity contribution in [1.29, 1.82) is 0 Å². The minimum absolute atomic E-state index is 0.0123. The number of alkyl halides is 3. The van der Waals surface area contributed by atoms with Crippen molar-refractivity contribution in [3.63, 3.8) is 0 Å². The summed E-state index contributed by atoms with van der Waals surface area (Å²) in [5.74, 6) is -0.0306. The Morgan fingerprint density at radius 1 is 1.32 bits per heavy atom. The Labute approximate surface area is 160 Å². The lowest BCUT2D eigenvalue weighted by atomic mass is 10.1. The normalized spacial score (nSPS) is 17.4. The first kappa shape index (κ1) is 20.2. The number of carbonyl (C=O) groups is 1. The van der Waals surface area contributed by atoms with Crippen molar-refractivity contribution in [2.24, 2.45) is 0 Å². The van der Waals surface area contributed by atoms with Crippen molar-refractivity contribution < 1.29 is 32.0 Å². The third kappa shape index (κ3) is 5.25. The van der Waals surface area contributed by atoms with E-state index in [4.69, 9.17) is 14.0 Å². The fraction of sp³-hybridized carbons (Fsp3) is 0.474. The van der Waals surface area contributed by atoms with Crippen molar-refractivity contribution >= 4 is 5.91 Å². The van der Waals surface area contributed by atoms with E-state index in [1.807, 2.05) is 0 Å². The zero-order chi connectivity index (χ0) is 20.1. The zero-order valence-corrected chi connectivity index (χ0v) is 15.4. The molecule has 152 valence electrons. The lowest BCUT2D eigenvalue weighted by molar-refractivity contribution is -0.137. The van der Waals surface area contributed by atoms with E-state index in [1.165, 1.54) is 23.1 Å². The molecule has 1 saturated heterocycles. The van der Waals surface area contributed by atoms with Gasteiger partial charge in [0.2, 0.25) is 0 Å². The molecule has 0 saturated carbocycles. The summed E-state index contributed by atoms with van der Waals surface area (Å²) in [5, 5.41) is 3.73. The number of aromatic nitrogens is 1. The van der Waals surface area contributed by atoms with Crippen LogP contribution >= 0.6 is 0 Å². The van der Waals surface area contributed by atoms with Gasteiger partial charge in [0.25, 0.3) is 5.91 Å². The van der Waals surface area contributed by atoms with Gasteiger partial charge in [0, 0.05) is 26.3 Å². The molecule has 1 aliphatic heterocycles. The predicted octanol–water partition coefficient (Wildman–Crippen LogP) is 3.91. The number of benzene rings is 1. The summed E-state index contributed by atoms with van der Waals surface area (Å²) in [6.07, 6.45) is -1.41. The number of rotatable bonds is 6. The Balaban J connectivity index is 1.55. The molecule has 1 aliphatic rings. The molecule has 9 heteroatoms. The summed E-state index contributed by atoms with van der Waals surface area (Å²) >= 11 is 0. The van der Waals surface area contributed by atoms with Gasteiger partial charge in [-0.15, -0.1) is 0 Å². The van der Waals surface area contributed by atoms with E-state index in [9.17, 15) is 18.0 Å². The second kappa shape index (κ2) is 8.64. The highest BCUT2D eigenvalue weighted by Gasteiger charge is 2.30. The van der Waals surface area contributed by atoms with Crippen molar-refractivity contribution in [2.45, 2.75) is 38.1 Å². The van der Waals surface area contributed by atoms with Crippen LogP contribution in [0, 0.1) is 0 Å². The van der Waals surface area contributed by atoms with E-state index in [2.05, 4.69) is 5.16 Å². The molecule has 0 spiro atoms. The van der Waals surface area contributed by atoms with Crippen molar-refractivity contribution in [3.8, 4) is 5.75 Å². The molecule has 0 aliphatic carbocycles. The summed E-state index contributed by atoms with van der Waals surface area (Å²) in [6.45, 7) is 1.02. The molecule has 2 heterocycles. The second-order valence-corrected chi connectivity index (χ2v) is 6.67. The van der Waals surface area contributed by atoms with Crippen LogP contribution in [0.2, 0.25) is 0 Å². The summed E-state index contributed by atoms with van der Waals surface area (Å²) in [6, 6.07) is 5.96. The topological polar surface area (TPSA) is 64.8 Å². The molecule has 28 heavy (non-hydrogen) atoms. The Morgan fingerprint density at radius 2 is 2.14 bits per heavy atom. The number of halogens is 3. The number of likely N-dealkylation sites (N-methyl/N-ethyl adjacent to an activating group) is 1. The molecule has 1 unspecified atom stereocenters. The molecule has 1 aromatic carbocycles. The quantitative estimate of drug-likeness (QED) is 0.738. The largest absolute Gasteiger partial charge is 0.486 e. The van der Waals surface area contributed by atoms with Gasteiger partial charge in [-0.25, -0.2) is 0 Å². The lowest BCUT2D eigenvalue weighted by Gasteiger charge is -2.26. The molecule has 6 nitrogen and oxygen atoms in total. The first-order valence-corrected chi connectivity index (χ1v) is 8.95. The SMILES string of the molecule is CN(CC1CCCCO1)C(=O)c1cc(COc2cccc(C(F)(F)F)c2)on1. The average molecular weight is 398 g/mol. The van der Waals surface area contributed by atoms with E-state index in [-0.39, 0.29) is 35.8 Å². The zero-order valence-electron chi connectivity index (χ0n) is 15.4. The number of hydrogen-bond donors (Lipinski definition) is 0. The van der Waals surface area contributed by atoms with E-state index < -0.39 is 11.7 Å². The smallest absolute Gasteiger partial charge is 0.416 e. The highest BCUT2D eigenvalue weighted by molar-refractivity contribution is 5.92. The van der Waals surface area contributed by atoms with Gasteiger partial charge in [0.05, 0.1) is 11.7 Å². The highest BCUT2D eigenvalue weighted by Crippen LogP contribution is 2.31. The molecule has 0 radical (unpaired) electrons. The monoisotopic (exact) mass is 398 g/mol. The molecule has 1 aromatic heterocycles. The fourth-order valence-electron chi connectivity index (χ4n) is 2.93. The third-order valence-corrected chi connectivity index (χ3v) is 4.42. The Kier molecular flexibility index (Phi) is 6.23. The molecule has 1 fully saturated rings. The maximum atomic E-state index is 12.7. The number of carbonyl (C=O) groups excluding carboxylic acids is 1. The van der Waals surface area contributed by atoms with Gasteiger partial charge in [-0.05, 0) is 37.5 Å². The van der Waals surface area contributed by atoms with E-state index in [0.29, 0.717) is 13.2 Å². The maximum absolute atomic E-state index is 12.7. The van der Waals surface area contributed by atoms with Crippen molar-refractivity contribution in [3.05, 3.63) is 47.3 Å². The van der Waals surface area contributed by atoms with Gasteiger partial charge in [-0.2, -0.15) is 13.2 Å². The number of hydrogen-bond acceptors (Lipinski definition) is 5. The van der Waals surface area contributed by atoms with Gasteiger partial charge in [0.15, 0.2) is 11.5 Å². The van der Waals surface area contributed by atoms with Crippen molar-refractivity contribution in [2.75, 3.05) is 20.2 Å². The average Bonchev–Trinajstić information content (AvgIpc) is 3.15. The summed E-state index contributed by atoms with van der Waals surface area (Å²) in [5.41, 5.74) is -0.689. The van der Waals surface area contributed by atoms with Crippen LogP contribution in [-0.4, -0.2) is 42.3 Å². The van der Waals surface area contributed by atoms with Crippen LogP contribution in [0.1, 0.15) is 41.1 Å². The molecule has 3 rings (SSSR count). The fourth-order valence-corrected chi connectivity index (χ4v) is 2.93. The summed E-state index contributed by atoms with van der Waals surface area (Å²) in [7, 11) is 1.66. The van der Waals surface area contributed by atoms with Gasteiger partial charge < -0.3 is 18.9 Å². The predicted molar refractivity (Wildman–Crippen MR) is 92.8 cm³/mol. The van der Waals surface area contributed by atoms with Gasteiger partial charge in [-0.3, -0.25) is 4.79 Å². The lowest BCUT2D eigenvalue weighted by Crippen LogP contribution is -2.37. The van der Waals surface area contributed by atoms with Gasteiger partial charge >= 0.3 is 6.18 Å². The molecular weight excluding hydrogens is 377 g/mol. The number of ether oxygens (including phenoxy) is 2. The molecule has 0 N–H and O–H groups in total. The van der Waals surface area contributed by atoms with Crippen LogP contribution in [-0.2, 0) is 17.5 Å². The van der Waals surface area contributed by atoms with Crippen LogP contribution < -0.4 is 4.74 Å². The van der Waals surface area contributed by atoms with Gasteiger partial charge in [-0.1, -0.05) is 11.2 Å². The summed E-state index contributed by atoms with van der Waals surface area (Å²) in [4.78, 5) is 14.0. The second-order valence-electron chi connectivity index (χ2n) is 6.67.